The SMILES string of the molecule is O=C(Nc1ccc(Cl)cc1Cl)c1ccccc1S(=O)(=O)c1ccc(Br)cc1. The molecule has 0 spiro atoms. The van der Waals surface area contributed by atoms with Crippen molar-refractivity contribution in [2.24, 2.45) is 0 Å². The van der Waals surface area contributed by atoms with Gasteiger partial charge in [-0.1, -0.05) is 51.3 Å². The molecule has 138 valence electrons. The zero-order valence-corrected chi connectivity index (χ0v) is 17.5. The molecule has 0 aliphatic rings. The van der Waals surface area contributed by atoms with Crippen LogP contribution in [0.4, 0.5) is 5.69 Å². The first-order chi connectivity index (χ1) is 12.8. The van der Waals surface area contributed by atoms with Gasteiger partial charge in [-0.15, -0.1) is 0 Å². The molecule has 1 N–H and O–H groups in total. The van der Waals surface area contributed by atoms with Gasteiger partial charge >= 0.3 is 0 Å². The minimum Gasteiger partial charge on any atom is -0.321 e. The molecule has 0 radical (unpaired) electrons. The number of nitrogens with one attached hydrogen (secondary N) is 1. The Labute approximate surface area is 175 Å². The van der Waals surface area contributed by atoms with E-state index in [4.69, 9.17) is 23.2 Å². The second kappa shape index (κ2) is 8.02. The number of benzene rings is 3. The van der Waals surface area contributed by atoms with E-state index < -0.39 is 15.7 Å². The number of hydrogen-bond donors (Lipinski definition) is 1. The van der Waals surface area contributed by atoms with Crippen molar-refractivity contribution in [3.8, 4) is 0 Å². The summed E-state index contributed by atoms with van der Waals surface area (Å²) in [6, 6.07) is 16.8. The van der Waals surface area contributed by atoms with Gasteiger partial charge in [0.25, 0.3) is 5.91 Å². The zero-order chi connectivity index (χ0) is 19.6. The van der Waals surface area contributed by atoms with Gasteiger partial charge in [-0.2, -0.15) is 0 Å². The van der Waals surface area contributed by atoms with Crippen molar-refractivity contribution in [2.45, 2.75) is 9.79 Å². The molecule has 0 fully saturated rings. The van der Waals surface area contributed by atoms with Crippen LogP contribution in [-0.4, -0.2) is 14.3 Å². The van der Waals surface area contributed by atoms with Crippen LogP contribution in [0, 0.1) is 0 Å². The third-order valence-electron chi connectivity index (χ3n) is 3.72. The number of hydrogen-bond acceptors (Lipinski definition) is 3. The van der Waals surface area contributed by atoms with Crippen LogP contribution in [0.1, 0.15) is 10.4 Å². The lowest BCUT2D eigenvalue weighted by Gasteiger charge is -2.12. The van der Waals surface area contributed by atoms with Crippen LogP contribution in [0.5, 0.6) is 0 Å². The number of carbonyl (C=O) groups is 1. The van der Waals surface area contributed by atoms with Crippen LogP contribution in [-0.2, 0) is 9.84 Å². The highest BCUT2D eigenvalue weighted by atomic mass is 79.9. The fourth-order valence-electron chi connectivity index (χ4n) is 2.41. The van der Waals surface area contributed by atoms with Gasteiger partial charge in [-0.05, 0) is 54.6 Å². The largest absolute Gasteiger partial charge is 0.321 e. The molecule has 3 aromatic carbocycles. The van der Waals surface area contributed by atoms with Crippen LogP contribution < -0.4 is 5.32 Å². The summed E-state index contributed by atoms with van der Waals surface area (Å²) < 4.78 is 26.7. The predicted molar refractivity (Wildman–Crippen MR) is 110 cm³/mol. The third kappa shape index (κ3) is 4.35. The summed E-state index contributed by atoms with van der Waals surface area (Å²) in [5.74, 6) is -0.587. The maximum Gasteiger partial charge on any atom is 0.257 e. The fourth-order valence-corrected chi connectivity index (χ4v) is 4.59. The Morgan fingerprint density at radius 1 is 0.926 bits per heavy atom. The molecule has 0 aliphatic carbocycles. The molecule has 0 aromatic heterocycles. The molecule has 0 atom stereocenters. The van der Waals surface area contributed by atoms with E-state index in [1.807, 2.05) is 0 Å². The summed E-state index contributed by atoms with van der Waals surface area (Å²) in [7, 11) is -3.88. The lowest BCUT2D eigenvalue weighted by Crippen LogP contribution is -2.17. The second-order valence-electron chi connectivity index (χ2n) is 5.53. The molecule has 1 amide bonds. The minimum absolute atomic E-state index is 0.0198. The van der Waals surface area contributed by atoms with Crippen molar-refractivity contribution < 1.29 is 13.2 Å². The van der Waals surface area contributed by atoms with Gasteiger partial charge in [-0.25, -0.2) is 8.42 Å². The fraction of sp³-hybridized carbons (Fsp3) is 0. The monoisotopic (exact) mass is 483 g/mol. The molecule has 8 heteroatoms. The Morgan fingerprint density at radius 3 is 2.26 bits per heavy atom. The summed E-state index contributed by atoms with van der Waals surface area (Å²) >= 11 is 15.2. The van der Waals surface area contributed by atoms with Gasteiger partial charge in [0.15, 0.2) is 0 Å². The Kier molecular flexibility index (Phi) is 5.91. The van der Waals surface area contributed by atoms with Gasteiger partial charge in [0.2, 0.25) is 9.84 Å². The number of sulfone groups is 1. The average molecular weight is 485 g/mol. The lowest BCUT2D eigenvalue weighted by atomic mass is 10.2. The Bertz CT molecular complexity index is 1120. The Morgan fingerprint density at radius 2 is 1.59 bits per heavy atom. The van der Waals surface area contributed by atoms with E-state index in [1.54, 1.807) is 36.4 Å². The van der Waals surface area contributed by atoms with Crippen molar-refractivity contribution in [3.63, 3.8) is 0 Å². The Hall–Kier alpha value is -1.86. The molecule has 3 rings (SSSR count). The summed E-state index contributed by atoms with van der Waals surface area (Å²) in [6.45, 7) is 0. The summed E-state index contributed by atoms with van der Waals surface area (Å²) in [5, 5.41) is 3.31. The van der Waals surface area contributed by atoms with Crippen molar-refractivity contribution in [2.75, 3.05) is 5.32 Å². The normalized spacial score (nSPS) is 11.2. The molecular formula is C19H12BrCl2NO3S. The van der Waals surface area contributed by atoms with Gasteiger partial charge in [0.1, 0.15) is 0 Å². The molecular weight excluding hydrogens is 473 g/mol. The molecule has 0 aliphatic heterocycles. The first kappa shape index (κ1) is 19.9. The van der Waals surface area contributed by atoms with E-state index in [9.17, 15) is 13.2 Å². The van der Waals surface area contributed by atoms with Gasteiger partial charge in [-0.3, -0.25) is 4.79 Å². The minimum atomic E-state index is -3.88. The zero-order valence-electron chi connectivity index (χ0n) is 13.6. The van der Waals surface area contributed by atoms with E-state index in [1.165, 1.54) is 30.3 Å². The van der Waals surface area contributed by atoms with Gasteiger partial charge < -0.3 is 5.32 Å². The van der Waals surface area contributed by atoms with Gasteiger partial charge in [0, 0.05) is 9.50 Å². The molecule has 4 nitrogen and oxygen atoms in total. The average Bonchev–Trinajstić information content (AvgIpc) is 2.64. The maximum atomic E-state index is 13.0. The molecule has 3 aromatic rings. The first-order valence-corrected chi connectivity index (χ1v) is 10.7. The number of anilines is 1. The topological polar surface area (TPSA) is 63.2 Å². The van der Waals surface area contributed by atoms with Crippen LogP contribution in [0.15, 0.2) is 81.0 Å². The van der Waals surface area contributed by atoms with Crippen molar-refractivity contribution >= 4 is 60.6 Å². The molecule has 0 heterocycles. The lowest BCUT2D eigenvalue weighted by molar-refractivity contribution is 0.102. The summed E-state index contributed by atoms with van der Waals surface area (Å²) in [6.07, 6.45) is 0. The van der Waals surface area contributed by atoms with Crippen LogP contribution in [0.2, 0.25) is 10.0 Å². The maximum absolute atomic E-state index is 13.0. The van der Waals surface area contributed by atoms with E-state index in [-0.39, 0.29) is 20.4 Å². The standard InChI is InChI=1S/C19H12BrCl2NO3S/c20-12-5-8-14(9-6-12)27(25,26)18-4-2-1-3-15(18)19(24)23-17-10-7-13(21)11-16(17)22/h1-11H,(H,23,24). The van der Waals surface area contributed by atoms with E-state index in [2.05, 4.69) is 21.2 Å². The predicted octanol–water partition coefficient (Wildman–Crippen LogP) is 5.84. The van der Waals surface area contributed by atoms with Gasteiger partial charge in [0.05, 0.1) is 26.1 Å². The van der Waals surface area contributed by atoms with E-state index >= 15 is 0 Å². The van der Waals surface area contributed by atoms with Crippen molar-refractivity contribution in [1.29, 1.82) is 0 Å². The van der Waals surface area contributed by atoms with E-state index in [0.29, 0.717) is 10.7 Å². The summed E-state index contributed by atoms with van der Waals surface area (Å²) in [5.41, 5.74) is 0.355. The highest BCUT2D eigenvalue weighted by Crippen LogP contribution is 2.28. The molecule has 0 bridgehead atoms. The smallest absolute Gasteiger partial charge is 0.257 e. The summed E-state index contributed by atoms with van der Waals surface area (Å²) in [4.78, 5) is 12.7. The second-order valence-corrected chi connectivity index (χ2v) is 9.21. The number of rotatable bonds is 4. The number of halogens is 3. The highest BCUT2D eigenvalue weighted by Gasteiger charge is 2.24. The van der Waals surface area contributed by atoms with Crippen LogP contribution in [0.3, 0.4) is 0 Å². The first-order valence-electron chi connectivity index (χ1n) is 7.65. The van der Waals surface area contributed by atoms with Crippen molar-refractivity contribution in [1.82, 2.24) is 0 Å². The number of amides is 1. The van der Waals surface area contributed by atoms with Crippen LogP contribution in [0.25, 0.3) is 0 Å². The Balaban J connectivity index is 2.00. The number of carbonyl (C=O) groups excluding carboxylic acids is 1. The van der Waals surface area contributed by atoms with Crippen molar-refractivity contribution in [3.05, 3.63) is 86.8 Å². The van der Waals surface area contributed by atoms with E-state index in [0.717, 1.165) is 4.47 Å². The molecule has 0 saturated carbocycles. The quantitative estimate of drug-likeness (QED) is 0.505. The van der Waals surface area contributed by atoms with Crippen LogP contribution >= 0.6 is 39.1 Å². The molecule has 0 unspecified atom stereocenters. The molecule has 27 heavy (non-hydrogen) atoms. The molecule has 0 saturated heterocycles. The third-order valence-corrected chi connectivity index (χ3v) is 6.63. The highest BCUT2D eigenvalue weighted by molar-refractivity contribution is 9.10.